The maximum absolute atomic E-state index is 12.4. The molecule has 1 N–H and O–H groups in total. The van der Waals surface area contributed by atoms with Crippen molar-refractivity contribution in [3.8, 4) is 11.5 Å². The van der Waals surface area contributed by atoms with Crippen LogP contribution in [0.3, 0.4) is 0 Å². The largest absolute Gasteiger partial charge is 0.490 e. The number of carbonyl (C=O) groups is 3. The average Bonchev–Trinajstić information content (AvgIpc) is 2.86. The van der Waals surface area contributed by atoms with Crippen molar-refractivity contribution in [2.45, 2.75) is 20.8 Å². The van der Waals surface area contributed by atoms with Crippen LogP contribution in [0.15, 0.2) is 17.8 Å². The molecule has 0 radical (unpaired) electrons. The van der Waals surface area contributed by atoms with Gasteiger partial charge in [0.2, 0.25) is 0 Å². The molecule has 1 aliphatic heterocycles. The highest BCUT2D eigenvalue weighted by Gasteiger charge is 2.35. The summed E-state index contributed by atoms with van der Waals surface area (Å²) in [6, 6.07) is 2.90. The van der Waals surface area contributed by atoms with Crippen LogP contribution < -0.4 is 14.8 Å². The van der Waals surface area contributed by atoms with Gasteiger partial charge in [-0.25, -0.2) is 9.69 Å². The van der Waals surface area contributed by atoms with Crippen LogP contribution in [0.4, 0.5) is 4.79 Å². The molecule has 1 aromatic carbocycles. The Morgan fingerprint density at radius 3 is 2.35 bits per heavy atom. The van der Waals surface area contributed by atoms with Gasteiger partial charge in [0, 0.05) is 0 Å². The Balaban J connectivity index is 2.34. The normalized spacial score (nSPS) is 15.2. The summed E-state index contributed by atoms with van der Waals surface area (Å²) in [5.41, 5.74) is 1.62. The maximum atomic E-state index is 12.4. The van der Waals surface area contributed by atoms with E-state index < -0.39 is 24.5 Å². The minimum atomic E-state index is -0.675. The zero-order chi connectivity index (χ0) is 19.3. The maximum Gasteiger partial charge on any atom is 0.329 e. The van der Waals surface area contributed by atoms with Crippen molar-refractivity contribution in [1.82, 2.24) is 10.2 Å². The lowest BCUT2D eigenvalue weighted by atomic mass is 10.1. The minimum absolute atomic E-state index is 0.0774. The molecule has 8 nitrogen and oxygen atoms in total. The second-order valence-corrected chi connectivity index (χ2v) is 5.48. The van der Waals surface area contributed by atoms with E-state index in [4.69, 9.17) is 9.47 Å². The predicted molar refractivity (Wildman–Crippen MR) is 93.8 cm³/mol. The molecule has 1 fully saturated rings. The zero-order valence-electron chi connectivity index (χ0n) is 15.3. The molecule has 0 bridgehead atoms. The zero-order valence-corrected chi connectivity index (χ0v) is 15.3. The van der Waals surface area contributed by atoms with Gasteiger partial charge in [-0.3, -0.25) is 9.59 Å². The number of aryl methyl sites for hydroxylation is 1. The monoisotopic (exact) mass is 362 g/mol. The Morgan fingerprint density at radius 1 is 1.15 bits per heavy atom. The first-order valence-electron chi connectivity index (χ1n) is 8.22. The van der Waals surface area contributed by atoms with Gasteiger partial charge in [-0.1, -0.05) is 0 Å². The van der Waals surface area contributed by atoms with Crippen LogP contribution in [0.5, 0.6) is 11.5 Å². The van der Waals surface area contributed by atoms with Crippen LogP contribution in [0.1, 0.15) is 25.0 Å². The third-order valence-electron chi connectivity index (χ3n) is 3.71. The molecular weight excluding hydrogens is 340 g/mol. The number of nitrogens with one attached hydrogen (secondary N) is 1. The summed E-state index contributed by atoms with van der Waals surface area (Å²) >= 11 is 0. The molecule has 26 heavy (non-hydrogen) atoms. The van der Waals surface area contributed by atoms with E-state index in [-0.39, 0.29) is 5.70 Å². The Morgan fingerprint density at radius 2 is 1.77 bits per heavy atom. The topological polar surface area (TPSA) is 94.2 Å². The van der Waals surface area contributed by atoms with E-state index in [0.717, 1.165) is 10.5 Å². The number of urea groups is 1. The smallest absolute Gasteiger partial charge is 0.329 e. The first-order chi connectivity index (χ1) is 12.4. The molecule has 1 aromatic rings. The van der Waals surface area contributed by atoms with Crippen molar-refractivity contribution in [2.24, 2.45) is 0 Å². The number of ether oxygens (including phenoxy) is 3. The fourth-order valence-electron chi connectivity index (χ4n) is 2.43. The number of hydrogen-bond acceptors (Lipinski definition) is 6. The van der Waals surface area contributed by atoms with Crippen LogP contribution in [0.25, 0.3) is 6.08 Å². The summed E-state index contributed by atoms with van der Waals surface area (Å²) < 4.78 is 15.7. The minimum Gasteiger partial charge on any atom is -0.490 e. The van der Waals surface area contributed by atoms with Crippen LogP contribution >= 0.6 is 0 Å². The summed E-state index contributed by atoms with van der Waals surface area (Å²) in [5, 5.41) is 2.47. The molecule has 8 heteroatoms. The van der Waals surface area contributed by atoms with E-state index >= 15 is 0 Å². The highest BCUT2D eigenvalue weighted by atomic mass is 16.5. The van der Waals surface area contributed by atoms with Gasteiger partial charge in [0.15, 0.2) is 11.5 Å². The number of nitrogens with zero attached hydrogens (tertiary/aromatic N) is 1. The van der Waals surface area contributed by atoms with Crippen molar-refractivity contribution in [3.63, 3.8) is 0 Å². The number of amides is 3. The molecule has 1 heterocycles. The first kappa shape index (κ1) is 19.3. The summed E-state index contributed by atoms with van der Waals surface area (Å²) in [6.45, 7) is 6.12. The third kappa shape index (κ3) is 4.14. The van der Waals surface area contributed by atoms with Gasteiger partial charge in [0.1, 0.15) is 12.2 Å². The van der Waals surface area contributed by atoms with Crippen LogP contribution in [-0.4, -0.2) is 49.7 Å². The van der Waals surface area contributed by atoms with Crippen molar-refractivity contribution in [2.75, 3.05) is 26.9 Å². The average molecular weight is 362 g/mol. The highest BCUT2D eigenvalue weighted by molar-refractivity contribution is 6.15. The van der Waals surface area contributed by atoms with Crippen LogP contribution in [0.2, 0.25) is 0 Å². The number of benzene rings is 1. The lowest BCUT2D eigenvalue weighted by molar-refractivity contribution is -0.143. The molecule has 140 valence electrons. The molecular formula is C18H22N2O6. The third-order valence-corrected chi connectivity index (χ3v) is 3.71. The lowest BCUT2D eigenvalue weighted by Gasteiger charge is -2.13. The van der Waals surface area contributed by atoms with Gasteiger partial charge in [0.25, 0.3) is 5.91 Å². The highest BCUT2D eigenvalue weighted by Crippen LogP contribution is 2.32. The van der Waals surface area contributed by atoms with Gasteiger partial charge in [-0.2, -0.15) is 0 Å². The van der Waals surface area contributed by atoms with Gasteiger partial charge < -0.3 is 19.5 Å². The Hall–Kier alpha value is -3.03. The quantitative estimate of drug-likeness (QED) is 0.452. The molecule has 3 amide bonds. The van der Waals surface area contributed by atoms with Crippen molar-refractivity contribution >= 4 is 24.0 Å². The summed E-state index contributed by atoms with van der Waals surface area (Å²) in [4.78, 5) is 36.4. The number of carbonyl (C=O) groups excluding carboxylic acids is 3. The Labute approximate surface area is 151 Å². The van der Waals surface area contributed by atoms with E-state index in [0.29, 0.717) is 30.3 Å². The fourth-order valence-corrected chi connectivity index (χ4v) is 2.43. The van der Waals surface area contributed by atoms with Gasteiger partial charge in [-0.15, -0.1) is 0 Å². The second kappa shape index (κ2) is 8.37. The summed E-state index contributed by atoms with van der Waals surface area (Å²) in [5.74, 6) is -0.102. The molecule has 2 rings (SSSR count). The predicted octanol–water partition coefficient (Wildman–Crippen LogP) is 1.86. The summed E-state index contributed by atoms with van der Waals surface area (Å²) in [7, 11) is 1.19. The molecule has 0 aromatic heterocycles. The Bertz CT molecular complexity index is 756. The molecule has 0 unspecified atom stereocenters. The lowest BCUT2D eigenvalue weighted by Crippen LogP contribution is -2.36. The Kier molecular flexibility index (Phi) is 6.21. The molecule has 1 aliphatic rings. The van der Waals surface area contributed by atoms with E-state index in [1.165, 1.54) is 7.11 Å². The molecule has 0 spiro atoms. The number of esters is 1. The number of imide groups is 1. The van der Waals surface area contributed by atoms with Crippen molar-refractivity contribution in [1.29, 1.82) is 0 Å². The van der Waals surface area contributed by atoms with Crippen molar-refractivity contribution < 1.29 is 28.6 Å². The standard InChI is InChI=1S/C18H22N2O6/c1-5-25-14-7-11(3)12(9-15(14)26-6-2)8-13-17(22)20(18(23)19-13)10-16(21)24-4/h7-9H,5-6,10H2,1-4H3,(H,19,23)/b13-8+. The molecule has 1 saturated heterocycles. The van der Waals surface area contributed by atoms with Crippen LogP contribution in [-0.2, 0) is 14.3 Å². The second-order valence-electron chi connectivity index (χ2n) is 5.48. The van der Waals surface area contributed by atoms with Crippen molar-refractivity contribution in [3.05, 3.63) is 29.0 Å². The van der Waals surface area contributed by atoms with Gasteiger partial charge in [-0.05, 0) is 50.1 Å². The van der Waals surface area contributed by atoms with Gasteiger partial charge in [0.05, 0.1) is 20.3 Å². The first-order valence-corrected chi connectivity index (χ1v) is 8.22. The van der Waals surface area contributed by atoms with E-state index in [1.807, 2.05) is 26.8 Å². The molecule has 0 saturated carbocycles. The number of methoxy groups -OCH3 is 1. The van der Waals surface area contributed by atoms with E-state index in [9.17, 15) is 14.4 Å². The molecule has 0 atom stereocenters. The van der Waals surface area contributed by atoms with Gasteiger partial charge >= 0.3 is 12.0 Å². The van der Waals surface area contributed by atoms with Crippen LogP contribution in [0, 0.1) is 6.92 Å². The SMILES string of the molecule is CCOc1cc(C)c(/C=C2/NC(=O)N(CC(=O)OC)C2=O)cc1OCC. The van der Waals surface area contributed by atoms with E-state index in [1.54, 1.807) is 12.1 Å². The molecule has 0 aliphatic carbocycles. The number of hydrogen-bond donors (Lipinski definition) is 1. The van der Waals surface area contributed by atoms with E-state index in [2.05, 4.69) is 10.1 Å². The number of rotatable bonds is 7. The summed E-state index contributed by atoms with van der Waals surface area (Å²) in [6.07, 6.45) is 1.55. The fraction of sp³-hybridized carbons (Fsp3) is 0.389.